The Labute approximate surface area is 207 Å². The van der Waals surface area contributed by atoms with E-state index in [1.54, 1.807) is 0 Å². The molecule has 168 valence electrons. The maximum Gasteiger partial charge on any atom is 0.160 e. The van der Waals surface area contributed by atoms with Gasteiger partial charge in [0.2, 0.25) is 0 Å². The molecule has 2 nitrogen and oxygen atoms in total. The highest BCUT2D eigenvalue weighted by Gasteiger charge is 2.19. The van der Waals surface area contributed by atoms with E-state index in [4.69, 9.17) is 4.42 Å². The molecule has 0 radical (unpaired) electrons. The predicted molar refractivity (Wildman–Crippen MR) is 151 cm³/mol. The van der Waals surface area contributed by atoms with Crippen molar-refractivity contribution in [2.24, 2.45) is 0 Å². The monoisotopic (exact) mass is 459 g/mol. The zero-order chi connectivity index (χ0) is 23.6. The van der Waals surface area contributed by atoms with E-state index in [2.05, 4.69) is 126 Å². The number of hydrogen-bond acceptors (Lipinski definition) is 1. The second-order valence-corrected chi connectivity index (χ2v) is 9.37. The van der Waals surface area contributed by atoms with Gasteiger partial charge in [0.05, 0.1) is 11.0 Å². The van der Waals surface area contributed by atoms with Gasteiger partial charge in [-0.1, -0.05) is 97.1 Å². The minimum Gasteiger partial charge on any atom is -0.454 e. The molecule has 0 saturated carbocycles. The lowest BCUT2D eigenvalue weighted by molar-refractivity contribution is 0.671. The highest BCUT2D eigenvalue weighted by atomic mass is 16.3. The van der Waals surface area contributed by atoms with Crippen molar-refractivity contribution in [2.75, 3.05) is 0 Å². The molecule has 0 unspecified atom stereocenters. The normalized spacial score (nSPS) is 11.9. The lowest BCUT2D eigenvalue weighted by Crippen LogP contribution is -1.94. The molecule has 0 amide bonds. The van der Waals surface area contributed by atoms with Gasteiger partial charge in [0.25, 0.3) is 0 Å². The van der Waals surface area contributed by atoms with Crippen LogP contribution >= 0.6 is 0 Å². The van der Waals surface area contributed by atoms with Gasteiger partial charge >= 0.3 is 0 Å². The molecular weight excluding hydrogens is 438 g/mol. The summed E-state index contributed by atoms with van der Waals surface area (Å²) in [7, 11) is 0. The molecule has 0 bridgehead atoms. The molecular formula is C34H21NO. The Balaban J connectivity index is 1.52. The van der Waals surface area contributed by atoms with Crippen molar-refractivity contribution in [1.29, 1.82) is 0 Å². The van der Waals surface area contributed by atoms with Crippen LogP contribution in [0.4, 0.5) is 0 Å². The standard InChI is InChI=1S/C34H21NO/c1-2-9-22(10-3-1)25-14-8-11-23-17-18-24(21-30(23)25)35-31-15-6-4-12-26(31)28-19-20-29-27-13-5-7-16-32(27)36-34(29)33(28)35/h1-21H. The van der Waals surface area contributed by atoms with E-state index in [1.807, 2.05) is 6.07 Å². The average Bonchev–Trinajstić information content (AvgIpc) is 3.49. The van der Waals surface area contributed by atoms with Gasteiger partial charge in [-0.2, -0.15) is 0 Å². The van der Waals surface area contributed by atoms with Crippen molar-refractivity contribution in [2.45, 2.75) is 0 Å². The topological polar surface area (TPSA) is 18.1 Å². The smallest absolute Gasteiger partial charge is 0.160 e. The van der Waals surface area contributed by atoms with Gasteiger partial charge in [0.15, 0.2) is 5.58 Å². The average molecular weight is 460 g/mol. The fourth-order valence-corrected chi connectivity index (χ4v) is 5.77. The van der Waals surface area contributed by atoms with E-state index >= 15 is 0 Å². The molecule has 0 saturated heterocycles. The number of nitrogens with zero attached hydrogens (tertiary/aromatic N) is 1. The maximum absolute atomic E-state index is 6.52. The van der Waals surface area contributed by atoms with Gasteiger partial charge in [-0.25, -0.2) is 0 Å². The van der Waals surface area contributed by atoms with Crippen LogP contribution in [0.1, 0.15) is 0 Å². The molecule has 36 heavy (non-hydrogen) atoms. The minimum absolute atomic E-state index is 0.918. The summed E-state index contributed by atoms with van der Waals surface area (Å²) in [5.41, 5.74) is 7.73. The SMILES string of the molecule is c1ccc(-c2cccc3ccc(-n4c5ccccc5c5ccc6c7ccccc7oc6c54)cc23)cc1. The number of benzene rings is 6. The van der Waals surface area contributed by atoms with Crippen molar-refractivity contribution in [3.63, 3.8) is 0 Å². The van der Waals surface area contributed by atoms with Crippen molar-refractivity contribution in [3.05, 3.63) is 127 Å². The summed E-state index contributed by atoms with van der Waals surface area (Å²) in [5, 5.41) is 7.20. The molecule has 0 fully saturated rings. The highest BCUT2D eigenvalue weighted by molar-refractivity contribution is 6.21. The first-order valence-corrected chi connectivity index (χ1v) is 12.3. The van der Waals surface area contributed by atoms with Crippen LogP contribution in [0.15, 0.2) is 132 Å². The first-order chi connectivity index (χ1) is 17.9. The lowest BCUT2D eigenvalue weighted by atomic mass is 9.98. The zero-order valence-corrected chi connectivity index (χ0v) is 19.5. The Bertz CT molecular complexity index is 2090. The molecule has 2 heterocycles. The van der Waals surface area contributed by atoms with Gasteiger partial charge in [-0.3, -0.25) is 0 Å². The number of para-hydroxylation sites is 2. The maximum atomic E-state index is 6.52. The molecule has 0 spiro atoms. The summed E-state index contributed by atoms with van der Waals surface area (Å²) in [6, 6.07) is 45.3. The Morgan fingerprint density at radius 1 is 0.500 bits per heavy atom. The summed E-state index contributed by atoms with van der Waals surface area (Å²) in [5.74, 6) is 0. The Hall–Kier alpha value is -4.82. The summed E-state index contributed by atoms with van der Waals surface area (Å²) in [6.07, 6.45) is 0. The van der Waals surface area contributed by atoms with Gasteiger partial charge < -0.3 is 8.98 Å². The van der Waals surface area contributed by atoms with Gasteiger partial charge in [-0.15, -0.1) is 0 Å². The van der Waals surface area contributed by atoms with Crippen LogP contribution in [-0.4, -0.2) is 4.57 Å². The van der Waals surface area contributed by atoms with E-state index in [0.717, 1.165) is 33.1 Å². The molecule has 0 aliphatic carbocycles. The summed E-state index contributed by atoms with van der Waals surface area (Å²) >= 11 is 0. The fourth-order valence-electron chi connectivity index (χ4n) is 5.77. The van der Waals surface area contributed by atoms with Crippen LogP contribution in [0.3, 0.4) is 0 Å². The molecule has 0 atom stereocenters. The van der Waals surface area contributed by atoms with Crippen LogP contribution in [-0.2, 0) is 0 Å². The highest BCUT2D eigenvalue weighted by Crippen LogP contribution is 2.41. The largest absolute Gasteiger partial charge is 0.454 e. The third-order valence-electron chi connectivity index (χ3n) is 7.39. The second-order valence-electron chi connectivity index (χ2n) is 9.37. The van der Waals surface area contributed by atoms with E-state index in [0.29, 0.717) is 0 Å². The molecule has 0 aliphatic heterocycles. The Morgan fingerprint density at radius 2 is 1.28 bits per heavy atom. The Morgan fingerprint density at radius 3 is 2.19 bits per heavy atom. The van der Waals surface area contributed by atoms with Crippen LogP contribution < -0.4 is 0 Å². The van der Waals surface area contributed by atoms with E-state index in [9.17, 15) is 0 Å². The van der Waals surface area contributed by atoms with Crippen molar-refractivity contribution >= 4 is 54.5 Å². The quantitative estimate of drug-likeness (QED) is 0.252. The molecule has 0 N–H and O–H groups in total. The van der Waals surface area contributed by atoms with Crippen LogP contribution in [0.25, 0.3) is 71.3 Å². The number of aromatic nitrogens is 1. The molecule has 6 aromatic carbocycles. The number of hydrogen-bond donors (Lipinski definition) is 0. The third-order valence-corrected chi connectivity index (χ3v) is 7.39. The molecule has 2 aromatic heterocycles. The van der Waals surface area contributed by atoms with Gasteiger partial charge in [0, 0.05) is 27.2 Å². The second kappa shape index (κ2) is 7.34. The van der Waals surface area contributed by atoms with Crippen LogP contribution in [0, 0.1) is 0 Å². The fraction of sp³-hybridized carbons (Fsp3) is 0. The first-order valence-electron chi connectivity index (χ1n) is 12.3. The van der Waals surface area contributed by atoms with Crippen molar-refractivity contribution in [1.82, 2.24) is 4.57 Å². The molecule has 2 heteroatoms. The number of rotatable bonds is 2. The van der Waals surface area contributed by atoms with E-state index in [-0.39, 0.29) is 0 Å². The van der Waals surface area contributed by atoms with E-state index in [1.165, 1.54) is 38.2 Å². The summed E-state index contributed by atoms with van der Waals surface area (Å²) in [4.78, 5) is 0. The summed E-state index contributed by atoms with van der Waals surface area (Å²) in [6.45, 7) is 0. The third kappa shape index (κ3) is 2.67. The number of fused-ring (bicyclic) bond motifs is 8. The van der Waals surface area contributed by atoms with E-state index < -0.39 is 0 Å². The minimum atomic E-state index is 0.918. The Kier molecular flexibility index (Phi) is 3.97. The van der Waals surface area contributed by atoms with Crippen molar-refractivity contribution in [3.8, 4) is 16.8 Å². The first kappa shape index (κ1) is 19.5. The van der Waals surface area contributed by atoms with Crippen LogP contribution in [0.5, 0.6) is 0 Å². The molecule has 8 aromatic rings. The van der Waals surface area contributed by atoms with Gasteiger partial charge in [0.1, 0.15) is 5.58 Å². The van der Waals surface area contributed by atoms with Crippen LogP contribution in [0.2, 0.25) is 0 Å². The predicted octanol–water partition coefficient (Wildman–Crippen LogP) is 9.50. The number of furan rings is 1. The zero-order valence-electron chi connectivity index (χ0n) is 19.5. The van der Waals surface area contributed by atoms with Gasteiger partial charge in [-0.05, 0) is 52.2 Å². The lowest BCUT2D eigenvalue weighted by Gasteiger charge is -2.12. The van der Waals surface area contributed by atoms with Crippen molar-refractivity contribution < 1.29 is 4.42 Å². The molecule has 0 aliphatic rings. The molecule has 8 rings (SSSR count). The summed E-state index contributed by atoms with van der Waals surface area (Å²) < 4.78 is 8.89.